The van der Waals surface area contributed by atoms with Crippen LogP contribution in [0.25, 0.3) is 0 Å². The lowest BCUT2D eigenvalue weighted by Crippen LogP contribution is -2.39. The van der Waals surface area contributed by atoms with Crippen LogP contribution < -0.4 is 5.73 Å². The van der Waals surface area contributed by atoms with Gasteiger partial charge in [0.15, 0.2) is 0 Å². The molecule has 2 nitrogen and oxygen atoms in total. The Morgan fingerprint density at radius 3 is 2.37 bits per heavy atom. The van der Waals surface area contributed by atoms with E-state index in [4.69, 9.17) is 5.73 Å². The summed E-state index contributed by atoms with van der Waals surface area (Å²) in [7, 11) is 0. The highest BCUT2D eigenvalue weighted by Crippen LogP contribution is 2.31. The van der Waals surface area contributed by atoms with Gasteiger partial charge in [-0.25, -0.2) is 4.39 Å². The lowest BCUT2D eigenvalue weighted by molar-refractivity contribution is -0.147. The highest BCUT2D eigenvalue weighted by atomic mass is 19.4. The number of nitrogens with two attached hydrogens (primary N) is 1. The maximum absolute atomic E-state index is 13.7. The highest BCUT2D eigenvalue weighted by Gasteiger charge is 2.33. The van der Waals surface area contributed by atoms with Crippen LogP contribution in [-0.4, -0.2) is 30.7 Å². The molecule has 0 atom stereocenters. The third-order valence-electron chi connectivity index (χ3n) is 3.45. The summed E-state index contributed by atoms with van der Waals surface area (Å²) in [5.41, 5.74) is 6.39. The molecular formula is C13H16F4N2. The number of piperidine rings is 1. The summed E-state index contributed by atoms with van der Waals surface area (Å²) in [6, 6.07) is 4.52. The number of anilines is 1. The van der Waals surface area contributed by atoms with E-state index in [0.717, 1.165) is 0 Å². The van der Waals surface area contributed by atoms with Gasteiger partial charge >= 0.3 is 6.18 Å². The van der Waals surface area contributed by atoms with Crippen molar-refractivity contribution < 1.29 is 17.6 Å². The fraction of sp³-hybridized carbons (Fsp3) is 0.538. The van der Waals surface area contributed by atoms with E-state index in [1.165, 1.54) is 11.0 Å². The van der Waals surface area contributed by atoms with Crippen molar-refractivity contribution >= 4 is 5.69 Å². The monoisotopic (exact) mass is 276 g/mol. The number of nitrogen functional groups attached to an aromatic ring is 1. The molecule has 1 aromatic rings. The van der Waals surface area contributed by atoms with Crippen molar-refractivity contribution in [1.29, 1.82) is 0 Å². The van der Waals surface area contributed by atoms with Crippen LogP contribution in [0.1, 0.15) is 24.3 Å². The van der Waals surface area contributed by atoms with Gasteiger partial charge in [-0.1, -0.05) is 6.07 Å². The van der Waals surface area contributed by atoms with Crippen molar-refractivity contribution in [2.45, 2.75) is 24.9 Å². The van der Waals surface area contributed by atoms with Crippen molar-refractivity contribution in [2.75, 3.05) is 25.4 Å². The number of benzene rings is 1. The Bertz CT molecular complexity index is 437. The number of alkyl halides is 3. The maximum Gasteiger partial charge on any atom is 0.401 e. The molecule has 106 valence electrons. The van der Waals surface area contributed by atoms with E-state index in [-0.39, 0.29) is 11.7 Å². The van der Waals surface area contributed by atoms with Gasteiger partial charge in [0.1, 0.15) is 5.82 Å². The average molecular weight is 276 g/mol. The zero-order valence-electron chi connectivity index (χ0n) is 10.4. The molecule has 1 fully saturated rings. The van der Waals surface area contributed by atoms with Crippen LogP contribution >= 0.6 is 0 Å². The molecule has 0 unspecified atom stereocenters. The van der Waals surface area contributed by atoms with Gasteiger partial charge in [0.05, 0.1) is 6.54 Å². The topological polar surface area (TPSA) is 29.3 Å². The molecule has 6 heteroatoms. The van der Waals surface area contributed by atoms with Crippen LogP contribution in [0.4, 0.5) is 23.2 Å². The Labute approximate surface area is 109 Å². The molecule has 0 spiro atoms. The third-order valence-corrected chi connectivity index (χ3v) is 3.45. The Morgan fingerprint density at radius 2 is 1.84 bits per heavy atom. The van der Waals surface area contributed by atoms with E-state index in [1.807, 2.05) is 0 Å². The lowest BCUT2D eigenvalue weighted by atomic mass is 9.89. The molecular weight excluding hydrogens is 260 g/mol. The largest absolute Gasteiger partial charge is 0.401 e. The van der Waals surface area contributed by atoms with Crippen molar-refractivity contribution in [3.05, 3.63) is 29.6 Å². The number of hydrogen-bond donors (Lipinski definition) is 1. The van der Waals surface area contributed by atoms with E-state index < -0.39 is 12.7 Å². The number of halogens is 4. The molecule has 0 radical (unpaired) electrons. The Morgan fingerprint density at radius 1 is 1.21 bits per heavy atom. The second-order valence-electron chi connectivity index (χ2n) is 4.95. The van der Waals surface area contributed by atoms with Gasteiger partial charge in [0.2, 0.25) is 0 Å². The summed E-state index contributed by atoms with van der Waals surface area (Å²) in [6.45, 7) is -0.202. The quantitative estimate of drug-likeness (QED) is 0.664. The van der Waals surface area contributed by atoms with E-state index in [9.17, 15) is 17.6 Å². The van der Waals surface area contributed by atoms with Gasteiger partial charge in [-0.3, -0.25) is 4.90 Å². The van der Waals surface area contributed by atoms with E-state index in [0.29, 0.717) is 37.2 Å². The molecule has 0 aliphatic carbocycles. The van der Waals surface area contributed by atoms with Crippen molar-refractivity contribution in [3.8, 4) is 0 Å². The molecule has 1 aliphatic rings. The van der Waals surface area contributed by atoms with E-state index in [1.54, 1.807) is 12.1 Å². The summed E-state index contributed by atoms with van der Waals surface area (Å²) in [5.74, 6) is -0.389. The van der Waals surface area contributed by atoms with Crippen molar-refractivity contribution in [1.82, 2.24) is 4.90 Å². The second-order valence-corrected chi connectivity index (χ2v) is 4.95. The molecule has 1 aromatic carbocycles. The molecule has 0 amide bonds. The van der Waals surface area contributed by atoms with Gasteiger partial charge in [-0.2, -0.15) is 13.2 Å². The molecule has 2 rings (SSSR count). The SMILES string of the molecule is Nc1ccc(C2CCN(CC(F)(F)F)CC2)c(F)c1. The van der Waals surface area contributed by atoms with Gasteiger partial charge in [0.25, 0.3) is 0 Å². The molecule has 0 saturated carbocycles. The van der Waals surface area contributed by atoms with Gasteiger partial charge in [-0.05, 0) is 49.5 Å². The molecule has 0 aromatic heterocycles. The van der Waals surface area contributed by atoms with Gasteiger partial charge < -0.3 is 5.73 Å². The lowest BCUT2D eigenvalue weighted by Gasteiger charge is -2.32. The molecule has 2 N–H and O–H groups in total. The van der Waals surface area contributed by atoms with Gasteiger partial charge in [-0.15, -0.1) is 0 Å². The first-order valence-corrected chi connectivity index (χ1v) is 6.19. The number of rotatable bonds is 2. The van der Waals surface area contributed by atoms with Crippen LogP contribution in [0.5, 0.6) is 0 Å². The van der Waals surface area contributed by atoms with Crippen molar-refractivity contribution in [3.63, 3.8) is 0 Å². The fourth-order valence-electron chi connectivity index (χ4n) is 2.53. The Kier molecular flexibility index (Phi) is 3.99. The Balaban J connectivity index is 1.96. The van der Waals surface area contributed by atoms with Crippen LogP contribution in [0, 0.1) is 5.82 Å². The minimum atomic E-state index is -4.17. The first kappa shape index (κ1) is 14.1. The van der Waals surface area contributed by atoms with E-state index >= 15 is 0 Å². The third kappa shape index (κ3) is 3.83. The number of nitrogens with zero attached hydrogens (tertiary/aromatic N) is 1. The van der Waals surface area contributed by atoms with E-state index in [2.05, 4.69) is 0 Å². The van der Waals surface area contributed by atoms with Gasteiger partial charge in [0, 0.05) is 5.69 Å². The summed E-state index contributed by atoms with van der Waals surface area (Å²) in [4.78, 5) is 1.37. The average Bonchev–Trinajstić information content (AvgIpc) is 2.28. The maximum atomic E-state index is 13.7. The summed E-state index contributed by atoms with van der Waals surface area (Å²) in [5, 5.41) is 0. The minimum absolute atomic E-state index is 0.0231. The van der Waals surface area contributed by atoms with Crippen LogP contribution in [-0.2, 0) is 0 Å². The smallest absolute Gasteiger partial charge is 0.399 e. The van der Waals surface area contributed by atoms with Crippen molar-refractivity contribution in [2.24, 2.45) is 0 Å². The van der Waals surface area contributed by atoms with Crippen LogP contribution in [0.15, 0.2) is 18.2 Å². The first-order valence-electron chi connectivity index (χ1n) is 6.19. The first-order chi connectivity index (χ1) is 8.85. The van der Waals surface area contributed by atoms with Crippen LogP contribution in [0.2, 0.25) is 0 Å². The minimum Gasteiger partial charge on any atom is -0.399 e. The fourth-order valence-corrected chi connectivity index (χ4v) is 2.53. The summed E-state index contributed by atoms with van der Waals surface area (Å²) in [6.07, 6.45) is -3.09. The molecule has 1 saturated heterocycles. The zero-order chi connectivity index (χ0) is 14.0. The molecule has 19 heavy (non-hydrogen) atoms. The summed E-state index contributed by atoms with van der Waals surface area (Å²) < 4.78 is 50.5. The molecule has 1 aliphatic heterocycles. The standard InChI is InChI=1S/C13H16F4N2/c14-12-7-10(18)1-2-11(12)9-3-5-19(6-4-9)8-13(15,16)17/h1-2,7,9H,3-6,8,18H2. The number of hydrogen-bond acceptors (Lipinski definition) is 2. The number of likely N-dealkylation sites (tertiary alicyclic amines) is 1. The van der Waals surface area contributed by atoms with Crippen LogP contribution in [0.3, 0.4) is 0 Å². The second kappa shape index (κ2) is 5.36. The highest BCUT2D eigenvalue weighted by molar-refractivity contribution is 5.41. The predicted octanol–water partition coefficient (Wildman–Crippen LogP) is 3.15. The molecule has 1 heterocycles. The normalized spacial score (nSPS) is 18.7. The Hall–Kier alpha value is -1.30. The summed E-state index contributed by atoms with van der Waals surface area (Å²) >= 11 is 0. The molecule has 0 bridgehead atoms. The zero-order valence-corrected chi connectivity index (χ0v) is 10.4. The predicted molar refractivity (Wildman–Crippen MR) is 65.3 cm³/mol.